The van der Waals surface area contributed by atoms with Crippen molar-refractivity contribution in [1.29, 1.82) is 0 Å². The molecule has 0 radical (unpaired) electrons. The monoisotopic (exact) mass is 471 g/mol. The zero-order valence-corrected chi connectivity index (χ0v) is 17.3. The molecule has 0 saturated heterocycles. The maximum Gasteiger partial charge on any atom is 0.416 e. The van der Waals surface area contributed by atoms with E-state index in [0.717, 1.165) is 30.3 Å². The van der Waals surface area contributed by atoms with Crippen LogP contribution in [0, 0.1) is 0 Å². The normalized spacial score (nSPS) is 12.3. The van der Waals surface area contributed by atoms with E-state index in [-0.39, 0.29) is 39.0 Å². The van der Waals surface area contributed by atoms with E-state index in [9.17, 15) is 27.9 Å². The highest BCUT2D eigenvalue weighted by molar-refractivity contribution is 6.39. The van der Waals surface area contributed by atoms with Crippen molar-refractivity contribution < 1.29 is 32.6 Å². The van der Waals surface area contributed by atoms with Gasteiger partial charge >= 0.3 is 18.1 Å². The molecule has 0 spiro atoms. The summed E-state index contributed by atoms with van der Waals surface area (Å²) in [5.74, 6) is -2.16. The number of carboxylic acid groups (broad SMARTS) is 1. The second kappa shape index (κ2) is 8.64. The number of halogens is 5. The maximum absolute atomic E-state index is 12.8. The Bertz CT molecular complexity index is 1200. The topological polar surface area (TPSA) is 79.4 Å². The number of hydrogen-bond acceptors (Lipinski definition) is 3. The lowest BCUT2D eigenvalue weighted by Crippen LogP contribution is -2.08. The molecular weight excluding hydrogens is 458 g/mol. The summed E-state index contributed by atoms with van der Waals surface area (Å²) in [5.41, 5.74) is -0.832. The van der Waals surface area contributed by atoms with Gasteiger partial charge < -0.3 is 14.8 Å². The van der Waals surface area contributed by atoms with Gasteiger partial charge in [0.1, 0.15) is 5.69 Å². The third-order valence-electron chi connectivity index (χ3n) is 4.38. The largest absolute Gasteiger partial charge is 0.478 e. The number of rotatable bonds is 5. The number of fused-ring (bicyclic) bond motifs is 1. The second-order valence-corrected chi connectivity index (χ2v) is 7.23. The summed E-state index contributed by atoms with van der Waals surface area (Å²) < 4.78 is 43.5. The highest BCUT2D eigenvalue weighted by Gasteiger charge is 2.30. The van der Waals surface area contributed by atoms with Crippen LogP contribution in [0.2, 0.25) is 10.0 Å². The molecule has 5 nitrogen and oxygen atoms in total. The van der Waals surface area contributed by atoms with Crippen molar-refractivity contribution in [2.45, 2.75) is 13.1 Å². The average Bonchev–Trinajstić information content (AvgIpc) is 3.04. The van der Waals surface area contributed by atoms with Crippen LogP contribution in [0.25, 0.3) is 22.6 Å². The lowest BCUT2D eigenvalue weighted by atomic mass is 9.99. The summed E-state index contributed by atoms with van der Waals surface area (Å²) in [4.78, 5) is 27.2. The van der Waals surface area contributed by atoms with Gasteiger partial charge in [-0.3, -0.25) is 0 Å². The molecule has 0 aliphatic carbocycles. The van der Waals surface area contributed by atoms with E-state index in [2.05, 4.69) is 4.98 Å². The molecule has 0 fully saturated rings. The van der Waals surface area contributed by atoms with Crippen LogP contribution < -0.4 is 0 Å². The van der Waals surface area contributed by atoms with Crippen molar-refractivity contribution >= 4 is 57.7 Å². The number of esters is 1. The molecule has 2 N–H and O–H groups in total. The molecule has 0 bridgehead atoms. The molecule has 3 rings (SSSR count). The summed E-state index contributed by atoms with van der Waals surface area (Å²) in [6.45, 7) is 1.67. The number of carboxylic acids is 1. The number of nitrogens with one attached hydrogen (secondary N) is 1. The lowest BCUT2D eigenvalue weighted by molar-refractivity contribution is -0.137. The smallest absolute Gasteiger partial charge is 0.416 e. The number of aromatic amines is 1. The Kier molecular flexibility index (Phi) is 6.33. The Labute approximate surface area is 184 Å². The number of hydrogen-bond donors (Lipinski definition) is 2. The molecule has 2 aromatic carbocycles. The standard InChI is InChI=1S/C21H14Cl2F3NO4/c1-2-31-20(30)18-14(17-15(23)7-12(22)8-16(17)27-18)9-13(19(28)29)10-3-5-11(6-4-10)21(24,25)26/h3-9,27H,2H2,1H3,(H,28,29)/b13-9-. The van der Waals surface area contributed by atoms with Crippen molar-refractivity contribution in [1.82, 2.24) is 4.98 Å². The molecule has 1 heterocycles. The van der Waals surface area contributed by atoms with Crippen LogP contribution in [-0.4, -0.2) is 28.6 Å². The zero-order chi connectivity index (χ0) is 22.9. The fourth-order valence-electron chi connectivity index (χ4n) is 3.03. The van der Waals surface area contributed by atoms with Crippen LogP contribution in [0.15, 0.2) is 36.4 Å². The number of H-pyrrole nitrogens is 1. The van der Waals surface area contributed by atoms with Crippen LogP contribution >= 0.6 is 23.2 Å². The number of carbonyl (C=O) groups is 2. The minimum absolute atomic E-state index is 0.00902. The van der Waals surface area contributed by atoms with E-state index in [4.69, 9.17) is 27.9 Å². The molecule has 31 heavy (non-hydrogen) atoms. The number of ether oxygens (including phenoxy) is 1. The van der Waals surface area contributed by atoms with Crippen molar-refractivity contribution in [3.05, 3.63) is 68.8 Å². The second-order valence-electron chi connectivity index (χ2n) is 6.38. The van der Waals surface area contributed by atoms with Gasteiger partial charge in [0.05, 0.1) is 22.8 Å². The van der Waals surface area contributed by atoms with Crippen molar-refractivity contribution in [3.63, 3.8) is 0 Å². The van der Waals surface area contributed by atoms with E-state index in [1.807, 2.05) is 0 Å². The molecule has 0 unspecified atom stereocenters. The van der Waals surface area contributed by atoms with Gasteiger partial charge in [0.2, 0.25) is 0 Å². The van der Waals surface area contributed by atoms with E-state index < -0.39 is 23.7 Å². The summed E-state index contributed by atoms with van der Waals surface area (Å²) in [5, 5.41) is 10.5. The molecule has 10 heteroatoms. The van der Waals surface area contributed by atoms with Crippen LogP contribution in [0.3, 0.4) is 0 Å². The first kappa shape index (κ1) is 22.7. The van der Waals surface area contributed by atoms with E-state index in [0.29, 0.717) is 10.9 Å². The van der Waals surface area contributed by atoms with Crippen LogP contribution in [0.5, 0.6) is 0 Å². The number of aliphatic carboxylic acids is 1. The molecule has 3 aromatic rings. The molecule has 162 valence electrons. The van der Waals surface area contributed by atoms with E-state index in [1.165, 1.54) is 12.1 Å². The van der Waals surface area contributed by atoms with Gasteiger partial charge in [-0.25, -0.2) is 9.59 Å². The van der Waals surface area contributed by atoms with Gasteiger partial charge in [-0.15, -0.1) is 0 Å². The van der Waals surface area contributed by atoms with Crippen LogP contribution in [0.4, 0.5) is 13.2 Å². The highest BCUT2D eigenvalue weighted by atomic mass is 35.5. The number of aromatic nitrogens is 1. The molecule has 0 aliphatic rings. The van der Waals surface area contributed by atoms with Gasteiger partial charge in [-0.05, 0) is 42.8 Å². The Hall–Kier alpha value is -2.97. The Morgan fingerprint density at radius 1 is 1.16 bits per heavy atom. The Morgan fingerprint density at radius 3 is 2.35 bits per heavy atom. The maximum atomic E-state index is 12.8. The van der Waals surface area contributed by atoms with Gasteiger partial charge in [0, 0.05) is 21.5 Å². The Morgan fingerprint density at radius 2 is 1.81 bits per heavy atom. The number of carbonyl (C=O) groups excluding carboxylic acids is 1. The van der Waals surface area contributed by atoms with E-state index in [1.54, 1.807) is 6.92 Å². The average molecular weight is 472 g/mol. The first-order chi connectivity index (χ1) is 14.5. The van der Waals surface area contributed by atoms with Crippen molar-refractivity contribution in [2.24, 2.45) is 0 Å². The summed E-state index contributed by atoms with van der Waals surface area (Å²) in [6.07, 6.45) is -3.40. The minimum Gasteiger partial charge on any atom is -0.478 e. The molecule has 0 amide bonds. The first-order valence-corrected chi connectivity index (χ1v) is 9.59. The van der Waals surface area contributed by atoms with Crippen molar-refractivity contribution in [2.75, 3.05) is 6.61 Å². The highest BCUT2D eigenvalue weighted by Crippen LogP contribution is 2.36. The Balaban J connectivity index is 2.25. The number of benzene rings is 2. The fourth-order valence-corrected chi connectivity index (χ4v) is 3.63. The lowest BCUT2D eigenvalue weighted by Gasteiger charge is -2.09. The molecule has 0 atom stereocenters. The summed E-state index contributed by atoms with van der Waals surface area (Å²) in [6, 6.07) is 6.56. The predicted octanol–water partition coefficient (Wildman–Crippen LogP) is 6.30. The third kappa shape index (κ3) is 4.70. The molecule has 0 aliphatic heterocycles. The molecule has 0 saturated carbocycles. The quantitative estimate of drug-likeness (QED) is 0.338. The minimum atomic E-state index is -4.56. The van der Waals surface area contributed by atoms with Gasteiger partial charge in [0.15, 0.2) is 0 Å². The van der Waals surface area contributed by atoms with Gasteiger partial charge in [-0.2, -0.15) is 13.2 Å². The third-order valence-corrected chi connectivity index (χ3v) is 4.89. The molecular formula is C21H14Cl2F3NO4. The summed E-state index contributed by atoms with van der Waals surface area (Å²) in [7, 11) is 0. The van der Waals surface area contributed by atoms with Gasteiger partial charge in [0.25, 0.3) is 0 Å². The summed E-state index contributed by atoms with van der Waals surface area (Å²) >= 11 is 12.3. The zero-order valence-electron chi connectivity index (χ0n) is 15.8. The van der Waals surface area contributed by atoms with Crippen molar-refractivity contribution in [3.8, 4) is 0 Å². The van der Waals surface area contributed by atoms with Gasteiger partial charge in [-0.1, -0.05) is 35.3 Å². The van der Waals surface area contributed by atoms with Crippen LogP contribution in [0.1, 0.15) is 34.1 Å². The molecule has 1 aromatic heterocycles. The SMILES string of the molecule is CCOC(=O)c1[nH]c2cc(Cl)cc(Cl)c2c1/C=C(\C(=O)O)c1ccc(C(F)(F)F)cc1. The number of alkyl halides is 3. The first-order valence-electron chi connectivity index (χ1n) is 8.83. The predicted molar refractivity (Wildman–Crippen MR) is 111 cm³/mol. The fraction of sp³-hybridized carbons (Fsp3) is 0.143. The van der Waals surface area contributed by atoms with Crippen LogP contribution in [-0.2, 0) is 15.7 Å². The van der Waals surface area contributed by atoms with E-state index >= 15 is 0 Å².